The van der Waals surface area contributed by atoms with E-state index in [1.54, 1.807) is 0 Å². The van der Waals surface area contributed by atoms with Gasteiger partial charge in [-0.25, -0.2) is 13.5 Å². The number of halogens is 3. The van der Waals surface area contributed by atoms with Crippen molar-refractivity contribution in [2.75, 3.05) is 5.32 Å². The van der Waals surface area contributed by atoms with E-state index in [0.717, 1.165) is 29.9 Å². The molecule has 0 aliphatic heterocycles. The molecule has 0 aliphatic carbocycles. The summed E-state index contributed by atoms with van der Waals surface area (Å²) in [5.74, 6) is -4.03. The molecule has 31 heavy (non-hydrogen) atoms. The van der Waals surface area contributed by atoms with Crippen molar-refractivity contribution in [3.8, 4) is 17.2 Å². The fourth-order valence-corrected chi connectivity index (χ4v) is 3.09. The number of hydrogen-bond donors (Lipinski definition) is 1. The second-order valence-electron chi connectivity index (χ2n) is 6.49. The number of benzene rings is 2. The number of carbonyl (C=O) groups is 2. The predicted molar refractivity (Wildman–Crippen MR) is 109 cm³/mol. The maximum Gasteiger partial charge on any atom is 0.267 e. The number of nitrogens with one attached hydrogen (secondary N) is 1. The Bertz CT molecular complexity index is 1350. The summed E-state index contributed by atoms with van der Waals surface area (Å²) in [4.78, 5) is 36.6. The highest BCUT2D eigenvalue weighted by Gasteiger charge is 2.25. The quantitative estimate of drug-likeness (QED) is 0.620. The number of rotatable bonds is 4. The van der Waals surface area contributed by atoms with Gasteiger partial charge >= 0.3 is 0 Å². The van der Waals surface area contributed by atoms with Crippen LogP contribution in [0.3, 0.4) is 0 Å². The fraction of sp³-hybridized carbons (Fsp3) is 0.0952. The molecule has 7 nitrogen and oxygen atoms in total. The smallest absolute Gasteiger partial charge is 0.267 e. The Kier molecular flexibility index (Phi) is 5.95. The van der Waals surface area contributed by atoms with Crippen LogP contribution in [0.2, 0.25) is 5.02 Å². The average molecular weight is 443 g/mol. The van der Waals surface area contributed by atoms with Crippen LogP contribution in [-0.2, 0) is 7.05 Å². The maximum absolute atomic E-state index is 15.2. The Balaban J connectivity index is 2.13. The van der Waals surface area contributed by atoms with E-state index in [1.807, 2.05) is 6.07 Å². The van der Waals surface area contributed by atoms with Crippen LogP contribution in [-0.4, -0.2) is 21.5 Å². The van der Waals surface area contributed by atoms with Gasteiger partial charge in [-0.15, -0.1) is 0 Å². The molecule has 0 aliphatic rings. The largest absolute Gasteiger partial charge is 0.321 e. The van der Waals surface area contributed by atoms with E-state index in [-0.39, 0.29) is 21.7 Å². The van der Waals surface area contributed by atoms with Gasteiger partial charge in [0.1, 0.15) is 11.6 Å². The Morgan fingerprint density at radius 3 is 2.55 bits per heavy atom. The van der Waals surface area contributed by atoms with Gasteiger partial charge in [-0.05, 0) is 31.2 Å². The van der Waals surface area contributed by atoms with Gasteiger partial charge in [0.2, 0.25) is 0 Å². The third-order valence-electron chi connectivity index (χ3n) is 4.42. The zero-order chi connectivity index (χ0) is 22.9. The fourth-order valence-electron chi connectivity index (χ4n) is 2.89. The maximum atomic E-state index is 15.2. The van der Waals surface area contributed by atoms with Crippen molar-refractivity contribution >= 4 is 29.0 Å². The standard InChI is InChI=1S/C21H13ClF2N4O3/c1-10(29)18-16(27-21(31)13-5-11(8-25)3-4-14(13)22)7-15(23)19(20(18)24)12-6-17(30)28(2)26-9-12/h3-7,9H,1-2H3,(H,27,31). The summed E-state index contributed by atoms with van der Waals surface area (Å²) in [7, 11) is 1.37. The first kappa shape index (κ1) is 21.8. The molecular formula is C21H13ClF2N4O3. The van der Waals surface area contributed by atoms with E-state index < -0.39 is 45.7 Å². The molecule has 1 heterocycles. The molecule has 0 bridgehead atoms. The number of ketones is 1. The van der Waals surface area contributed by atoms with E-state index in [2.05, 4.69) is 10.4 Å². The van der Waals surface area contributed by atoms with E-state index in [0.29, 0.717) is 0 Å². The molecule has 10 heteroatoms. The number of aryl methyl sites for hydroxylation is 1. The highest BCUT2D eigenvalue weighted by atomic mass is 35.5. The van der Waals surface area contributed by atoms with Crippen LogP contribution in [0.4, 0.5) is 14.5 Å². The molecule has 1 amide bonds. The summed E-state index contributed by atoms with van der Waals surface area (Å²) >= 11 is 5.99. The van der Waals surface area contributed by atoms with Crippen molar-refractivity contribution in [3.05, 3.63) is 80.2 Å². The molecule has 0 saturated carbocycles. The minimum Gasteiger partial charge on any atom is -0.321 e. The normalized spacial score (nSPS) is 10.5. The first-order valence-electron chi connectivity index (χ1n) is 8.71. The van der Waals surface area contributed by atoms with Gasteiger partial charge in [0.25, 0.3) is 11.5 Å². The molecule has 3 aromatic rings. The number of nitrogens with zero attached hydrogens (tertiary/aromatic N) is 3. The number of hydrogen-bond acceptors (Lipinski definition) is 5. The van der Waals surface area contributed by atoms with Crippen LogP contribution < -0.4 is 10.9 Å². The molecule has 2 aromatic carbocycles. The molecule has 0 atom stereocenters. The van der Waals surface area contributed by atoms with Crippen LogP contribution in [0.5, 0.6) is 0 Å². The topological polar surface area (TPSA) is 105 Å². The highest BCUT2D eigenvalue weighted by molar-refractivity contribution is 6.34. The number of aromatic nitrogens is 2. The van der Waals surface area contributed by atoms with Gasteiger partial charge in [-0.3, -0.25) is 14.4 Å². The summed E-state index contributed by atoms with van der Waals surface area (Å²) in [6, 6.07) is 7.52. The number of Topliss-reactive ketones (excluding diaryl/α,β-unsaturated/α-hetero) is 1. The second-order valence-corrected chi connectivity index (χ2v) is 6.90. The Hall–Kier alpha value is -3.90. The van der Waals surface area contributed by atoms with Gasteiger partial charge in [0.05, 0.1) is 45.2 Å². The van der Waals surface area contributed by atoms with Crippen molar-refractivity contribution < 1.29 is 18.4 Å². The summed E-state index contributed by atoms with van der Waals surface area (Å²) in [5.41, 5.74) is -2.38. The van der Waals surface area contributed by atoms with Gasteiger partial charge in [0.15, 0.2) is 5.78 Å². The first-order valence-corrected chi connectivity index (χ1v) is 9.09. The Morgan fingerprint density at radius 2 is 1.94 bits per heavy atom. The molecule has 1 N–H and O–H groups in total. The van der Waals surface area contributed by atoms with Gasteiger partial charge in [-0.2, -0.15) is 10.4 Å². The van der Waals surface area contributed by atoms with E-state index >= 15 is 4.39 Å². The molecule has 156 valence electrons. The molecule has 0 fully saturated rings. The zero-order valence-electron chi connectivity index (χ0n) is 16.2. The van der Waals surface area contributed by atoms with E-state index in [1.165, 1.54) is 25.2 Å². The van der Waals surface area contributed by atoms with Crippen molar-refractivity contribution in [1.82, 2.24) is 9.78 Å². The highest BCUT2D eigenvalue weighted by Crippen LogP contribution is 2.33. The van der Waals surface area contributed by atoms with E-state index in [9.17, 15) is 18.8 Å². The lowest BCUT2D eigenvalue weighted by Crippen LogP contribution is -2.19. The van der Waals surface area contributed by atoms with E-state index in [4.69, 9.17) is 16.9 Å². The molecule has 0 saturated heterocycles. The molecular weight excluding hydrogens is 430 g/mol. The number of carbonyl (C=O) groups excluding carboxylic acids is 2. The molecule has 0 unspecified atom stereocenters. The minimum atomic E-state index is -1.25. The van der Waals surface area contributed by atoms with Crippen molar-refractivity contribution in [2.45, 2.75) is 6.92 Å². The Labute approximate surface area is 179 Å². The molecule has 3 rings (SSSR count). The summed E-state index contributed by atoms with van der Waals surface area (Å²) in [6.07, 6.45) is 1.08. The average Bonchev–Trinajstić information content (AvgIpc) is 2.70. The van der Waals surface area contributed by atoms with Crippen LogP contribution in [0.25, 0.3) is 11.1 Å². The van der Waals surface area contributed by atoms with Crippen molar-refractivity contribution in [2.24, 2.45) is 7.05 Å². The lowest BCUT2D eigenvalue weighted by Gasteiger charge is -2.15. The van der Waals surface area contributed by atoms with Gasteiger partial charge in [-0.1, -0.05) is 11.6 Å². The summed E-state index contributed by atoms with van der Waals surface area (Å²) < 4.78 is 31.0. The van der Waals surface area contributed by atoms with Crippen LogP contribution in [0.1, 0.15) is 33.2 Å². The number of nitriles is 1. The third kappa shape index (κ3) is 4.20. The Morgan fingerprint density at radius 1 is 1.23 bits per heavy atom. The lowest BCUT2D eigenvalue weighted by atomic mass is 9.99. The molecule has 1 aromatic heterocycles. The molecule has 0 radical (unpaired) electrons. The van der Waals surface area contributed by atoms with Gasteiger partial charge in [0, 0.05) is 18.7 Å². The third-order valence-corrected chi connectivity index (χ3v) is 4.74. The lowest BCUT2D eigenvalue weighted by molar-refractivity contribution is 0.101. The number of anilines is 1. The first-order chi connectivity index (χ1) is 14.6. The monoisotopic (exact) mass is 442 g/mol. The molecule has 0 spiro atoms. The predicted octanol–water partition coefficient (Wildman–Crippen LogP) is 3.71. The summed E-state index contributed by atoms with van der Waals surface area (Å²) in [6.45, 7) is 1.04. The van der Waals surface area contributed by atoms with Crippen LogP contribution in [0, 0.1) is 23.0 Å². The van der Waals surface area contributed by atoms with Crippen LogP contribution in [0.15, 0.2) is 41.3 Å². The van der Waals surface area contributed by atoms with Crippen molar-refractivity contribution in [1.29, 1.82) is 5.26 Å². The van der Waals surface area contributed by atoms with Crippen LogP contribution >= 0.6 is 11.6 Å². The zero-order valence-corrected chi connectivity index (χ0v) is 16.9. The minimum absolute atomic E-state index is 0.00430. The number of amides is 1. The SMILES string of the molecule is CC(=O)c1c(NC(=O)c2cc(C#N)ccc2Cl)cc(F)c(-c2cnn(C)c(=O)c2)c1F. The summed E-state index contributed by atoms with van der Waals surface area (Å²) in [5, 5.41) is 15.0. The van der Waals surface area contributed by atoms with Gasteiger partial charge < -0.3 is 5.32 Å². The second kappa shape index (κ2) is 8.45. The van der Waals surface area contributed by atoms with Crippen molar-refractivity contribution in [3.63, 3.8) is 0 Å².